The van der Waals surface area contributed by atoms with E-state index >= 15 is 0 Å². The summed E-state index contributed by atoms with van der Waals surface area (Å²) in [6.07, 6.45) is 1.64. The minimum atomic E-state index is -0.432. The first kappa shape index (κ1) is 16.2. The van der Waals surface area contributed by atoms with E-state index in [0.29, 0.717) is 12.6 Å². The van der Waals surface area contributed by atoms with Crippen LogP contribution < -0.4 is 0 Å². The second-order valence-electron chi connectivity index (χ2n) is 6.24. The molecule has 0 spiro atoms. The SMILES string of the molecule is CC1CN(C(=O)OC(C)(C)C)CCN1CCCCO. The molecule has 1 aliphatic heterocycles. The van der Waals surface area contributed by atoms with Crippen molar-refractivity contribution in [3.63, 3.8) is 0 Å². The molecular weight excluding hydrogens is 244 g/mol. The lowest BCUT2D eigenvalue weighted by Gasteiger charge is -2.40. The summed E-state index contributed by atoms with van der Waals surface area (Å²) in [5, 5.41) is 8.80. The number of aliphatic hydroxyl groups is 1. The number of rotatable bonds is 4. The number of aliphatic hydroxyl groups excluding tert-OH is 1. The number of piperazine rings is 1. The van der Waals surface area contributed by atoms with Crippen LogP contribution in [0.3, 0.4) is 0 Å². The molecule has 0 aromatic heterocycles. The van der Waals surface area contributed by atoms with Crippen molar-refractivity contribution in [1.29, 1.82) is 0 Å². The predicted molar refractivity (Wildman–Crippen MR) is 75.2 cm³/mol. The molecule has 1 fully saturated rings. The summed E-state index contributed by atoms with van der Waals surface area (Å²) in [6, 6.07) is 0.347. The summed E-state index contributed by atoms with van der Waals surface area (Å²) >= 11 is 0. The molecule has 0 bridgehead atoms. The van der Waals surface area contributed by atoms with Crippen LogP contribution >= 0.6 is 0 Å². The van der Waals surface area contributed by atoms with Crippen molar-refractivity contribution in [3.8, 4) is 0 Å². The van der Waals surface area contributed by atoms with Crippen LogP contribution in [0.25, 0.3) is 0 Å². The van der Waals surface area contributed by atoms with Gasteiger partial charge in [0.05, 0.1) is 0 Å². The van der Waals surface area contributed by atoms with Crippen LogP contribution in [-0.2, 0) is 4.74 Å². The van der Waals surface area contributed by atoms with Gasteiger partial charge in [-0.25, -0.2) is 4.79 Å². The van der Waals surface area contributed by atoms with Gasteiger partial charge in [0, 0.05) is 32.3 Å². The van der Waals surface area contributed by atoms with E-state index in [1.165, 1.54) is 0 Å². The fraction of sp³-hybridized carbons (Fsp3) is 0.929. The molecule has 1 aliphatic rings. The lowest BCUT2D eigenvalue weighted by molar-refractivity contribution is 0.00552. The summed E-state index contributed by atoms with van der Waals surface area (Å²) < 4.78 is 5.39. The highest BCUT2D eigenvalue weighted by Crippen LogP contribution is 2.15. The molecule has 0 aromatic rings. The van der Waals surface area contributed by atoms with Gasteiger partial charge in [0.2, 0.25) is 0 Å². The molecular formula is C14H28N2O3. The zero-order valence-electron chi connectivity index (χ0n) is 12.7. The highest BCUT2D eigenvalue weighted by molar-refractivity contribution is 5.68. The van der Waals surface area contributed by atoms with Crippen molar-refractivity contribution >= 4 is 6.09 Å². The maximum absolute atomic E-state index is 12.0. The van der Waals surface area contributed by atoms with Crippen LogP contribution in [0.1, 0.15) is 40.5 Å². The third kappa shape index (κ3) is 5.78. The van der Waals surface area contributed by atoms with Gasteiger partial charge in [-0.3, -0.25) is 4.90 Å². The standard InChI is InChI=1S/C14H28N2O3/c1-12-11-16(13(18)19-14(2,3)4)9-8-15(12)7-5-6-10-17/h12,17H,5-11H2,1-4H3. The number of amides is 1. The van der Waals surface area contributed by atoms with E-state index in [-0.39, 0.29) is 12.7 Å². The average Bonchev–Trinajstić information content (AvgIpc) is 2.29. The summed E-state index contributed by atoms with van der Waals surface area (Å²) in [6.45, 7) is 11.4. The number of unbranched alkanes of at least 4 members (excludes halogenated alkanes) is 1. The molecule has 112 valence electrons. The zero-order valence-corrected chi connectivity index (χ0v) is 12.7. The molecule has 1 amide bonds. The van der Waals surface area contributed by atoms with E-state index in [4.69, 9.17) is 9.84 Å². The maximum atomic E-state index is 12.0. The predicted octanol–water partition coefficient (Wildman–Crippen LogP) is 1.70. The van der Waals surface area contributed by atoms with E-state index < -0.39 is 5.60 Å². The average molecular weight is 272 g/mol. The van der Waals surface area contributed by atoms with Gasteiger partial charge in [0.1, 0.15) is 5.60 Å². The van der Waals surface area contributed by atoms with Gasteiger partial charge in [0.25, 0.3) is 0 Å². The fourth-order valence-corrected chi connectivity index (χ4v) is 2.25. The minimum absolute atomic E-state index is 0.214. The first-order valence-electron chi connectivity index (χ1n) is 7.16. The first-order chi connectivity index (χ1) is 8.83. The van der Waals surface area contributed by atoms with Crippen LogP contribution in [0, 0.1) is 0 Å². The van der Waals surface area contributed by atoms with Crippen molar-refractivity contribution in [2.24, 2.45) is 0 Å². The Kier molecular flexibility index (Phi) is 6.07. The molecule has 0 aliphatic carbocycles. The first-order valence-corrected chi connectivity index (χ1v) is 7.16. The third-order valence-corrected chi connectivity index (χ3v) is 3.27. The normalized spacial score (nSPS) is 21.5. The fourth-order valence-electron chi connectivity index (χ4n) is 2.25. The van der Waals surface area contributed by atoms with E-state index in [9.17, 15) is 4.79 Å². The topological polar surface area (TPSA) is 53.0 Å². The Hall–Kier alpha value is -0.810. The number of carbonyl (C=O) groups excluding carboxylic acids is 1. The number of hydrogen-bond acceptors (Lipinski definition) is 4. The second-order valence-corrected chi connectivity index (χ2v) is 6.24. The van der Waals surface area contributed by atoms with E-state index in [0.717, 1.165) is 32.5 Å². The summed E-state index contributed by atoms with van der Waals surface area (Å²) in [7, 11) is 0. The van der Waals surface area contributed by atoms with Crippen molar-refractivity contribution in [2.75, 3.05) is 32.8 Å². The number of hydrogen-bond donors (Lipinski definition) is 1. The van der Waals surface area contributed by atoms with Crippen LogP contribution in [0.15, 0.2) is 0 Å². The van der Waals surface area contributed by atoms with Crippen molar-refractivity contribution in [1.82, 2.24) is 9.80 Å². The summed E-state index contributed by atoms with van der Waals surface area (Å²) in [5.41, 5.74) is -0.432. The number of ether oxygens (including phenoxy) is 1. The Morgan fingerprint density at radius 2 is 2.00 bits per heavy atom. The Morgan fingerprint density at radius 3 is 2.53 bits per heavy atom. The van der Waals surface area contributed by atoms with Gasteiger partial charge >= 0.3 is 6.09 Å². The van der Waals surface area contributed by atoms with E-state index in [2.05, 4.69) is 11.8 Å². The number of nitrogens with zero attached hydrogens (tertiary/aromatic N) is 2. The van der Waals surface area contributed by atoms with Crippen molar-refractivity contribution in [2.45, 2.75) is 52.2 Å². The van der Waals surface area contributed by atoms with Crippen molar-refractivity contribution < 1.29 is 14.6 Å². The molecule has 1 atom stereocenters. The zero-order chi connectivity index (χ0) is 14.5. The molecule has 0 aromatic carbocycles. The van der Waals surface area contributed by atoms with E-state index in [1.54, 1.807) is 4.90 Å². The van der Waals surface area contributed by atoms with Crippen LogP contribution in [0.4, 0.5) is 4.79 Å². The van der Waals surface area contributed by atoms with Crippen LogP contribution in [0.5, 0.6) is 0 Å². The molecule has 0 saturated carbocycles. The smallest absolute Gasteiger partial charge is 0.410 e. The van der Waals surface area contributed by atoms with Gasteiger partial charge in [-0.05, 0) is 47.1 Å². The second kappa shape index (κ2) is 7.10. The quantitative estimate of drug-likeness (QED) is 0.791. The summed E-state index contributed by atoms with van der Waals surface area (Å²) in [5.74, 6) is 0. The maximum Gasteiger partial charge on any atom is 0.410 e. The monoisotopic (exact) mass is 272 g/mol. The Labute approximate surface area is 116 Å². The highest BCUT2D eigenvalue weighted by atomic mass is 16.6. The molecule has 1 saturated heterocycles. The van der Waals surface area contributed by atoms with Gasteiger partial charge in [-0.1, -0.05) is 0 Å². The van der Waals surface area contributed by atoms with Gasteiger partial charge in [-0.2, -0.15) is 0 Å². The molecule has 1 N–H and O–H groups in total. The summed E-state index contributed by atoms with van der Waals surface area (Å²) in [4.78, 5) is 16.1. The molecule has 1 rings (SSSR count). The minimum Gasteiger partial charge on any atom is -0.444 e. The molecule has 5 heteroatoms. The third-order valence-electron chi connectivity index (χ3n) is 3.27. The van der Waals surface area contributed by atoms with Gasteiger partial charge in [0.15, 0.2) is 0 Å². The molecule has 0 radical (unpaired) electrons. The van der Waals surface area contributed by atoms with Gasteiger partial charge < -0.3 is 14.7 Å². The largest absolute Gasteiger partial charge is 0.444 e. The van der Waals surface area contributed by atoms with Crippen LogP contribution in [-0.4, -0.2) is 65.4 Å². The molecule has 5 nitrogen and oxygen atoms in total. The highest BCUT2D eigenvalue weighted by Gasteiger charge is 2.29. The lowest BCUT2D eigenvalue weighted by atomic mass is 10.1. The Balaban J connectivity index is 2.38. The Bertz CT molecular complexity index is 289. The lowest BCUT2D eigenvalue weighted by Crippen LogP contribution is -2.54. The Morgan fingerprint density at radius 1 is 1.32 bits per heavy atom. The molecule has 1 heterocycles. The molecule has 19 heavy (non-hydrogen) atoms. The van der Waals surface area contributed by atoms with Gasteiger partial charge in [-0.15, -0.1) is 0 Å². The van der Waals surface area contributed by atoms with Crippen molar-refractivity contribution in [3.05, 3.63) is 0 Å². The molecule has 1 unspecified atom stereocenters. The van der Waals surface area contributed by atoms with Crippen LogP contribution in [0.2, 0.25) is 0 Å². The number of carbonyl (C=O) groups is 1. The van der Waals surface area contributed by atoms with E-state index in [1.807, 2.05) is 20.8 Å².